The van der Waals surface area contributed by atoms with Gasteiger partial charge in [0.2, 0.25) is 17.6 Å². The lowest BCUT2D eigenvalue weighted by Gasteiger charge is -2.34. The van der Waals surface area contributed by atoms with Crippen molar-refractivity contribution in [2.24, 2.45) is 0 Å². The van der Waals surface area contributed by atoms with Crippen LogP contribution in [0.5, 0.6) is 0 Å². The Balaban J connectivity index is -0.0000000651. The zero-order valence-electron chi connectivity index (χ0n) is 23.7. The van der Waals surface area contributed by atoms with Crippen LogP contribution < -0.4 is 0 Å². The van der Waals surface area contributed by atoms with Crippen molar-refractivity contribution in [1.29, 1.82) is 0 Å². The number of methoxy groups -OCH3 is 2. The number of hydrogen-bond acceptors (Lipinski definition) is 6. The first-order chi connectivity index (χ1) is 18.1. The summed E-state index contributed by atoms with van der Waals surface area (Å²) in [6.07, 6.45) is -25.1. The molecule has 0 aliphatic rings. The minimum Gasteiger partial charge on any atom is -0.319 e. The Bertz CT molecular complexity index is 763. The number of hydrogen-bond donors (Lipinski definition) is 0. The van der Waals surface area contributed by atoms with Crippen LogP contribution in [-0.4, -0.2) is 68.6 Å². The molecule has 306 valence electrons. The molecule has 0 fully saturated rings. The van der Waals surface area contributed by atoms with Gasteiger partial charge in [-0.05, 0) is 20.8 Å². The van der Waals surface area contributed by atoms with E-state index in [-0.39, 0.29) is 65.0 Å². The van der Waals surface area contributed by atoms with Crippen molar-refractivity contribution in [3.8, 4) is 0 Å². The number of ether oxygens (including phenoxy) is 6. The highest BCUT2D eigenvalue weighted by atomic mass is 19.4. The van der Waals surface area contributed by atoms with Crippen molar-refractivity contribution < 1.29 is 94.3 Å². The Kier molecular flexibility index (Phi) is 34.3. The normalized spacial score (nSPS) is 15.8. The zero-order chi connectivity index (χ0) is 34.9. The summed E-state index contributed by atoms with van der Waals surface area (Å²) in [5.74, 6) is -14.2. The standard InChI is InChI=1S/C8H11F7O2.C7H11F5O2.C6H11F3O2.6CH4/c1-4-5(2,9)17-8(14,15)6(10,11)7(12,13)16-3;1-4-5(2,8)13-7(11,12)14-6(3,9)10;1-4-5(2,7)11-6(8,9)10-3;;;;;;/h4H2,1-3H3;4H2,1-3H3;4H2,1-3H3;6*1H4. The average molecular weight is 763 g/mol. The molecule has 3 unspecified atom stereocenters. The Labute approximate surface area is 275 Å². The molecule has 0 aromatic rings. The van der Waals surface area contributed by atoms with Crippen LogP contribution in [-0.2, 0) is 28.4 Å². The third-order valence-electron chi connectivity index (χ3n) is 4.42. The fraction of sp³-hybridized carbons (Fsp3) is 1.00. The molecule has 0 aliphatic carbocycles. The molecule has 0 heterocycles. The van der Waals surface area contributed by atoms with Crippen molar-refractivity contribution in [1.82, 2.24) is 0 Å². The van der Waals surface area contributed by atoms with E-state index in [0.29, 0.717) is 13.8 Å². The van der Waals surface area contributed by atoms with Gasteiger partial charge >= 0.3 is 36.8 Å². The summed E-state index contributed by atoms with van der Waals surface area (Å²) < 4.78 is 207. The average Bonchev–Trinajstić information content (AvgIpc) is 2.76. The van der Waals surface area contributed by atoms with E-state index in [2.05, 4.69) is 28.4 Å². The Hall–Kier alpha value is -1.29. The molecule has 0 aromatic heterocycles. The smallest absolute Gasteiger partial charge is 0.319 e. The van der Waals surface area contributed by atoms with Gasteiger partial charge in [0, 0.05) is 40.4 Å². The monoisotopic (exact) mass is 762 g/mol. The molecular weight excluding hydrogens is 705 g/mol. The first-order valence-electron chi connectivity index (χ1n) is 11.4. The maximum absolute atomic E-state index is 13.0. The quantitative estimate of drug-likeness (QED) is 0.122. The van der Waals surface area contributed by atoms with Crippen LogP contribution in [0.2, 0.25) is 0 Å². The fourth-order valence-electron chi connectivity index (χ4n) is 1.61. The van der Waals surface area contributed by atoms with Crippen LogP contribution in [0.25, 0.3) is 0 Å². The van der Waals surface area contributed by atoms with Crippen molar-refractivity contribution >= 4 is 0 Å². The molecule has 3 atom stereocenters. The zero-order valence-corrected chi connectivity index (χ0v) is 23.7. The summed E-state index contributed by atoms with van der Waals surface area (Å²) in [4.78, 5) is 0. The van der Waals surface area contributed by atoms with Crippen molar-refractivity contribution in [2.75, 3.05) is 14.2 Å². The highest BCUT2D eigenvalue weighted by Gasteiger charge is 2.75. The Morgan fingerprint density at radius 3 is 0.875 bits per heavy atom. The van der Waals surface area contributed by atoms with Gasteiger partial charge in [0.05, 0.1) is 0 Å². The van der Waals surface area contributed by atoms with Gasteiger partial charge in [-0.2, -0.15) is 35.1 Å². The van der Waals surface area contributed by atoms with Crippen LogP contribution in [0.3, 0.4) is 0 Å². The molecular formula is C27H57F15O6. The number of halogens is 15. The summed E-state index contributed by atoms with van der Waals surface area (Å²) in [6.45, 7) is 5.76. The van der Waals surface area contributed by atoms with E-state index in [1.165, 1.54) is 13.8 Å². The van der Waals surface area contributed by atoms with Gasteiger partial charge < -0.3 is 4.74 Å². The van der Waals surface area contributed by atoms with Gasteiger partial charge in [0.15, 0.2) is 0 Å². The van der Waals surface area contributed by atoms with Crippen molar-refractivity contribution in [2.45, 2.75) is 167 Å². The van der Waals surface area contributed by atoms with Crippen LogP contribution in [0.4, 0.5) is 65.9 Å². The lowest BCUT2D eigenvalue weighted by atomic mass is 10.2. The van der Waals surface area contributed by atoms with Crippen LogP contribution in [0.1, 0.15) is 112 Å². The molecule has 21 heteroatoms. The first-order valence-corrected chi connectivity index (χ1v) is 11.4. The third kappa shape index (κ3) is 27.5. The van der Waals surface area contributed by atoms with Crippen LogP contribution >= 0.6 is 0 Å². The predicted molar refractivity (Wildman–Crippen MR) is 154 cm³/mol. The highest BCUT2D eigenvalue weighted by Crippen LogP contribution is 2.48. The molecule has 0 saturated heterocycles. The second kappa shape index (κ2) is 24.0. The molecule has 0 aliphatic heterocycles. The maximum atomic E-state index is 13.0. The van der Waals surface area contributed by atoms with E-state index in [1.54, 1.807) is 0 Å². The van der Waals surface area contributed by atoms with E-state index in [0.717, 1.165) is 21.0 Å². The maximum Gasteiger partial charge on any atom is 0.492 e. The first kappa shape index (κ1) is 68.6. The van der Waals surface area contributed by atoms with Gasteiger partial charge in [0.25, 0.3) is 0 Å². The second-order valence-electron chi connectivity index (χ2n) is 8.52. The van der Waals surface area contributed by atoms with Gasteiger partial charge in [-0.3, -0.25) is 18.9 Å². The molecule has 0 radical (unpaired) electrons. The molecule has 48 heavy (non-hydrogen) atoms. The molecule has 0 spiro atoms. The van der Waals surface area contributed by atoms with E-state index in [1.807, 2.05) is 0 Å². The van der Waals surface area contributed by atoms with Gasteiger partial charge in [-0.1, -0.05) is 65.3 Å². The van der Waals surface area contributed by atoms with Gasteiger partial charge in [-0.15, -0.1) is 17.6 Å². The summed E-state index contributed by atoms with van der Waals surface area (Å²) in [6, 6.07) is 0. The summed E-state index contributed by atoms with van der Waals surface area (Å²) in [7, 11) is 0.851. The van der Waals surface area contributed by atoms with E-state index in [4.69, 9.17) is 0 Å². The summed E-state index contributed by atoms with van der Waals surface area (Å²) in [5.41, 5.74) is 0. The van der Waals surface area contributed by atoms with Gasteiger partial charge in [0.1, 0.15) is 0 Å². The number of alkyl halides is 15. The predicted octanol–water partition coefficient (Wildman–Crippen LogP) is 13.0. The molecule has 0 aromatic carbocycles. The van der Waals surface area contributed by atoms with Gasteiger partial charge in [-0.25, -0.2) is 17.9 Å². The molecule has 0 rings (SSSR count). The Morgan fingerprint density at radius 2 is 0.646 bits per heavy atom. The minimum absolute atomic E-state index is 0. The van der Waals surface area contributed by atoms with Crippen LogP contribution in [0.15, 0.2) is 0 Å². The van der Waals surface area contributed by atoms with Crippen LogP contribution in [0, 0.1) is 0 Å². The van der Waals surface area contributed by atoms with E-state index < -0.39 is 67.2 Å². The molecule has 0 N–H and O–H groups in total. The largest absolute Gasteiger partial charge is 0.492 e. The van der Waals surface area contributed by atoms with Crippen molar-refractivity contribution in [3.05, 3.63) is 0 Å². The van der Waals surface area contributed by atoms with E-state index in [9.17, 15) is 65.9 Å². The lowest BCUT2D eigenvalue weighted by molar-refractivity contribution is -0.493. The van der Waals surface area contributed by atoms with E-state index >= 15 is 0 Å². The fourth-order valence-corrected chi connectivity index (χ4v) is 1.61. The molecule has 0 saturated carbocycles. The summed E-state index contributed by atoms with van der Waals surface area (Å²) in [5, 5.41) is 0. The molecule has 0 bridgehead atoms. The minimum atomic E-state index is -6.00. The lowest BCUT2D eigenvalue weighted by Crippen LogP contribution is -2.58. The number of rotatable bonds is 15. The molecule has 6 nitrogen and oxygen atoms in total. The second-order valence-corrected chi connectivity index (χ2v) is 8.52. The SMILES string of the molecule is C.C.C.C.C.C.CCC(C)(F)OC(F)(F)C(F)(F)C(F)(F)OC.CCC(C)(F)OC(F)(F)OC.CCC(C)(F)OC(F)(F)OC(C)(F)F. The topological polar surface area (TPSA) is 55.4 Å². The van der Waals surface area contributed by atoms with Crippen molar-refractivity contribution in [3.63, 3.8) is 0 Å². The third-order valence-corrected chi connectivity index (χ3v) is 4.42. The Morgan fingerprint density at radius 1 is 0.375 bits per heavy atom. The molecule has 0 amide bonds. The highest BCUT2D eigenvalue weighted by molar-refractivity contribution is 4.87. The summed E-state index contributed by atoms with van der Waals surface area (Å²) >= 11 is 0.